The molecule has 27 heavy (non-hydrogen) atoms. The number of nitrogens with zero attached hydrogens (tertiary/aromatic N) is 1. The van der Waals surface area contributed by atoms with E-state index in [2.05, 4.69) is 16.7 Å². The molecule has 1 N–H and O–H groups in total. The molecule has 0 spiro atoms. The summed E-state index contributed by atoms with van der Waals surface area (Å²) in [4.78, 5) is 2.45. The lowest BCUT2D eigenvalue weighted by molar-refractivity contribution is 0.313. The van der Waals surface area contributed by atoms with Crippen molar-refractivity contribution in [3.05, 3.63) is 70.7 Å². The lowest BCUT2D eigenvalue weighted by Crippen LogP contribution is -2.26. The molecule has 0 atom stereocenters. The molecule has 0 saturated heterocycles. The molecule has 0 aromatic heterocycles. The summed E-state index contributed by atoms with van der Waals surface area (Å²) in [7, 11) is -1.59. The number of rotatable bonds is 3. The van der Waals surface area contributed by atoms with E-state index in [1.807, 2.05) is 30.3 Å². The molecule has 4 nitrogen and oxygen atoms in total. The molecular formula is C20H20Cl2N2O2S. The minimum atomic E-state index is -3.66. The Bertz CT molecular complexity index is 1100. The van der Waals surface area contributed by atoms with Crippen LogP contribution >= 0.6 is 24.0 Å². The van der Waals surface area contributed by atoms with Crippen LogP contribution in [0.25, 0.3) is 10.8 Å². The van der Waals surface area contributed by atoms with Gasteiger partial charge in [0.05, 0.1) is 4.90 Å². The Labute approximate surface area is 170 Å². The second kappa shape index (κ2) is 7.68. The van der Waals surface area contributed by atoms with Crippen molar-refractivity contribution < 1.29 is 8.42 Å². The van der Waals surface area contributed by atoms with Gasteiger partial charge in [-0.15, -0.1) is 12.4 Å². The van der Waals surface area contributed by atoms with E-state index >= 15 is 0 Å². The number of nitrogens with one attached hydrogen (secondary N) is 1. The zero-order valence-corrected chi connectivity index (χ0v) is 17.2. The molecule has 1 aliphatic heterocycles. The number of hydrogen-bond donors (Lipinski definition) is 1. The summed E-state index contributed by atoms with van der Waals surface area (Å²) in [6, 6.07) is 16.2. The van der Waals surface area contributed by atoms with Gasteiger partial charge in [0.15, 0.2) is 0 Å². The van der Waals surface area contributed by atoms with Crippen molar-refractivity contribution in [3.63, 3.8) is 0 Å². The van der Waals surface area contributed by atoms with Crippen LogP contribution < -0.4 is 4.72 Å². The van der Waals surface area contributed by atoms with Crippen LogP contribution in [0.4, 0.5) is 5.69 Å². The van der Waals surface area contributed by atoms with E-state index in [1.54, 1.807) is 24.3 Å². The molecule has 0 unspecified atom stereocenters. The van der Waals surface area contributed by atoms with Crippen LogP contribution in [-0.4, -0.2) is 26.9 Å². The van der Waals surface area contributed by atoms with Gasteiger partial charge in [0.25, 0.3) is 10.0 Å². The number of hydrogen-bond acceptors (Lipinski definition) is 3. The standard InChI is InChI=1S/C20H19ClN2O2S.ClH/c1-23-10-9-14-5-6-17(11-16(14)13-23)22-26(24,25)18-7-8-19-15(12-18)3-2-4-20(19)21;/h2-8,11-12,22H,9-10,13H2,1H3;1H. The molecule has 0 radical (unpaired) electrons. The summed E-state index contributed by atoms with van der Waals surface area (Å²) in [6.07, 6.45) is 0.990. The third-order valence-corrected chi connectivity index (χ3v) is 6.48. The van der Waals surface area contributed by atoms with Gasteiger partial charge in [0, 0.05) is 29.2 Å². The first-order chi connectivity index (χ1) is 12.4. The topological polar surface area (TPSA) is 49.4 Å². The Kier molecular flexibility index (Phi) is 5.68. The monoisotopic (exact) mass is 422 g/mol. The molecule has 142 valence electrons. The van der Waals surface area contributed by atoms with Crippen molar-refractivity contribution in [3.8, 4) is 0 Å². The van der Waals surface area contributed by atoms with Gasteiger partial charge in [-0.1, -0.05) is 35.9 Å². The van der Waals surface area contributed by atoms with Gasteiger partial charge in [-0.3, -0.25) is 4.72 Å². The van der Waals surface area contributed by atoms with Crippen molar-refractivity contribution >= 4 is 50.5 Å². The predicted molar refractivity (Wildman–Crippen MR) is 113 cm³/mol. The van der Waals surface area contributed by atoms with E-state index in [-0.39, 0.29) is 17.3 Å². The first-order valence-electron chi connectivity index (χ1n) is 8.44. The van der Waals surface area contributed by atoms with Crippen LogP contribution in [0, 0.1) is 0 Å². The van der Waals surface area contributed by atoms with Crippen molar-refractivity contribution in [1.29, 1.82) is 0 Å². The smallest absolute Gasteiger partial charge is 0.261 e. The maximum atomic E-state index is 12.8. The molecule has 7 heteroatoms. The van der Waals surface area contributed by atoms with Gasteiger partial charge in [0.2, 0.25) is 0 Å². The fourth-order valence-electron chi connectivity index (χ4n) is 3.37. The average Bonchev–Trinajstić information content (AvgIpc) is 2.61. The van der Waals surface area contributed by atoms with Crippen LogP contribution in [-0.2, 0) is 23.0 Å². The fourth-order valence-corrected chi connectivity index (χ4v) is 4.69. The zero-order valence-electron chi connectivity index (χ0n) is 14.8. The number of anilines is 1. The first-order valence-corrected chi connectivity index (χ1v) is 10.3. The van der Waals surface area contributed by atoms with Crippen molar-refractivity contribution in [2.24, 2.45) is 0 Å². The second-order valence-corrected chi connectivity index (χ2v) is 8.79. The molecule has 1 aliphatic rings. The lowest BCUT2D eigenvalue weighted by atomic mass is 10.00. The molecule has 0 amide bonds. The summed E-state index contributed by atoms with van der Waals surface area (Å²) in [6.45, 7) is 1.86. The van der Waals surface area contributed by atoms with Crippen LogP contribution in [0.5, 0.6) is 0 Å². The van der Waals surface area contributed by atoms with Crippen molar-refractivity contribution in [2.45, 2.75) is 17.9 Å². The molecule has 0 fully saturated rings. The SMILES string of the molecule is CN1CCc2ccc(NS(=O)(=O)c3ccc4c(Cl)cccc4c3)cc2C1.Cl. The summed E-state index contributed by atoms with van der Waals surface area (Å²) < 4.78 is 28.3. The van der Waals surface area contributed by atoms with E-state index in [0.717, 1.165) is 30.3 Å². The molecule has 0 bridgehead atoms. The van der Waals surface area contributed by atoms with Gasteiger partial charge in [-0.25, -0.2) is 8.42 Å². The minimum absolute atomic E-state index is 0. The maximum Gasteiger partial charge on any atom is 0.261 e. The molecule has 0 aliphatic carbocycles. The van der Waals surface area contributed by atoms with Gasteiger partial charge in [-0.2, -0.15) is 0 Å². The first kappa shape index (κ1) is 20.0. The Morgan fingerprint density at radius 3 is 2.67 bits per heavy atom. The van der Waals surface area contributed by atoms with Crippen LogP contribution in [0.15, 0.2) is 59.5 Å². The Morgan fingerprint density at radius 2 is 1.85 bits per heavy atom. The van der Waals surface area contributed by atoms with Gasteiger partial charge in [-0.05, 0) is 60.3 Å². The number of likely N-dealkylation sites (N-methyl/N-ethyl adjacent to an activating group) is 1. The van der Waals surface area contributed by atoms with Crippen LogP contribution in [0.1, 0.15) is 11.1 Å². The summed E-state index contributed by atoms with van der Waals surface area (Å²) >= 11 is 6.16. The summed E-state index contributed by atoms with van der Waals surface area (Å²) in [5, 5.41) is 2.25. The molecule has 0 saturated carbocycles. The molecule has 3 aromatic rings. The summed E-state index contributed by atoms with van der Waals surface area (Å²) in [5.41, 5.74) is 3.04. The van der Waals surface area contributed by atoms with Gasteiger partial charge in [0.1, 0.15) is 0 Å². The normalized spacial score (nSPS) is 14.4. The number of sulfonamides is 1. The van der Waals surface area contributed by atoms with E-state index < -0.39 is 10.0 Å². The largest absolute Gasteiger partial charge is 0.302 e. The Balaban J connectivity index is 0.00000210. The highest BCUT2D eigenvalue weighted by atomic mass is 35.5. The molecular weight excluding hydrogens is 403 g/mol. The van der Waals surface area contributed by atoms with E-state index in [1.165, 1.54) is 11.1 Å². The third kappa shape index (κ3) is 4.06. The van der Waals surface area contributed by atoms with Gasteiger partial charge >= 0.3 is 0 Å². The van der Waals surface area contributed by atoms with Crippen LogP contribution in [0.2, 0.25) is 5.02 Å². The number of benzene rings is 3. The highest BCUT2D eigenvalue weighted by molar-refractivity contribution is 7.92. The van der Waals surface area contributed by atoms with Gasteiger partial charge < -0.3 is 4.90 Å². The fraction of sp³-hybridized carbons (Fsp3) is 0.200. The summed E-state index contributed by atoms with van der Waals surface area (Å²) in [5.74, 6) is 0. The predicted octanol–water partition coefficient (Wildman–Crippen LogP) is 4.70. The highest BCUT2D eigenvalue weighted by Gasteiger charge is 2.18. The van der Waals surface area contributed by atoms with Crippen molar-refractivity contribution in [1.82, 2.24) is 4.90 Å². The average molecular weight is 423 g/mol. The zero-order chi connectivity index (χ0) is 18.3. The van der Waals surface area contributed by atoms with E-state index in [0.29, 0.717) is 10.7 Å². The quantitative estimate of drug-likeness (QED) is 0.664. The second-order valence-electron chi connectivity index (χ2n) is 6.70. The Hall–Kier alpha value is -1.79. The van der Waals surface area contributed by atoms with Crippen molar-refractivity contribution in [2.75, 3.05) is 18.3 Å². The number of fused-ring (bicyclic) bond motifs is 2. The van der Waals surface area contributed by atoms with E-state index in [4.69, 9.17) is 11.6 Å². The highest BCUT2D eigenvalue weighted by Crippen LogP contribution is 2.28. The minimum Gasteiger partial charge on any atom is -0.302 e. The van der Waals surface area contributed by atoms with Crippen LogP contribution in [0.3, 0.4) is 0 Å². The number of halogens is 2. The third-order valence-electron chi connectivity index (χ3n) is 4.77. The molecule has 1 heterocycles. The Morgan fingerprint density at radius 1 is 1.04 bits per heavy atom. The maximum absolute atomic E-state index is 12.8. The lowest BCUT2D eigenvalue weighted by Gasteiger charge is -2.25. The molecule has 3 aromatic carbocycles. The van der Waals surface area contributed by atoms with E-state index in [9.17, 15) is 8.42 Å². The molecule has 4 rings (SSSR count).